The van der Waals surface area contributed by atoms with Crippen molar-refractivity contribution in [1.82, 2.24) is 0 Å². The molecular formula is C15H16BrNOS. The van der Waals surface area contributed by atoms with E-state index in [0.29, 0.717) is 6.61 Å². The zero-order valence-electron chi connectivity index (χ0n) is 10.7. The molecule has 0 atom stereocenters. The lowest BCUT2D eigenvalue weighted by Crippen LogP contribution is -2.11. The van der Waals surface area contributed by atoms with Crippen LogP contribution in [0.2, 0.25) is 0 Å². The molecular weight excluding hydrogens is 322 g/mol. The zero-order chi connectivity index (χ0) is 13.5. The second-order valence-electron chi connectivity index (χ2n) is 3.94. The number of hydrogen-bond donors (Lipinski definition) is 1. The van der Waals surface area contributed by atoms with Gasteiger partial charge in [-0.25, -0.2) is 0 Å². The summed E-state index contributed by atoms with van der Waals surface area (Å²) in [7, 11) is 0. The summed E-state index contributed by atoms with van der Waals surface area (Å²) < 4.78 is 6.86. The van der Waals surface area contributed by atoms with Crippen molar-refractivity contribution in [3.63, 3.8) is 0 Å². The predicted octanol–water partition coefficient (Wildman–Crippen LogP) is 4.66. The molecule has 0 aliphatic carbocycles. The SMILES string of the molecule is CSc1ccccc1OCCNc1cccc(Br)c1. The summed E-state index contributed by atoms with van der Waals surface area (Å²) in [6.07, 6.45) is 2.06. The quantitative estimate of drug-likeness (QED) is 0.611. The Morgan fingerprint density at radius 1 is 1.16 bits per heavy atom. The van der Waals surface area contributed by atoms with Crippen LogP contribution in [0.4, 0.5) is 5.69 Å². The third kappa shape index (κ3) is 4.48. The van der Waals surface area contributed by atoms with Gasteiger partial charge in [-0.15, -0.1) is 11.8 Å². The molecule has 0 aromatic heterocycles. The number of hydrogen-bond acceptors (Lipinski definition) is 3. The second kappa shape index (κ2) is 7.46. The van der Waals surface area contributed by atoms with E-state index in [4.69, 9.17) is 4.74 Å². The molecule has 100 valence electrons. The van der Waals surface area contributed by atoms with Crippen LogP contribution in [0.1, 0.15) is 0 Å². The molecule has 1 N–H and O–H groups in total. The highest BCUT2D eigenvalue weighted by Crippen LogP contribution is 2.26. The highest BCUT2D eigenvalue weighted by molar-refractivity contribution is 9.10. The summed E-state index contributed by atoms with van der Waals surface area (Å²) in [4.78, 5) is 1.17. The summed E-state index contributed by atoms with van der Waals surface area (Å²) in [5.74, 6) is 0.950. The minimum absolute atomic E-state index is 0.643. The molecule has 2 rings (SSSR count). The molecule has 19 heavy (non-hydrogen) atoms. The standard InChI is InChI=1S/C15H16BrNOS/c1-19-15-8-3-2-7-14(15)18-10-9-17-13-6-4-5-12(16)11-13/h2-8,11,17H,9-10H2,1H3. The lowest BCUT2D eigenvalue weighted by molar-refractivity contribution is 0.325. The van der Waals surface area contributed by atoms with Crippen molar-refractivity contribution in [3.05, 3.63) is 53.0 Å². The van der Waals surface area contributed by atoms with Crippen LogP contribution in [0.3, 0.4) is 0 Å². The topological polar surface area (TPSA) is 21.3 Å². The molecule has 0 unspecified atom stereocenters. The summed E-state index contributed by atoms with van der Waals surface area (Å²) in [5.41, 5.74) is 1.09. The monoisotopic (exact) mass is 337 g/mol. The van der Waals surface area contributed by atoms with E-state index >= 15 is 0 Å². The second-order valence-corrected chi connectivity index (χ2v) is 5.70. The Labute approximate surface area is 126 Å². The van der Waals surface area contributed by atoms with E-state index in [1.165, 1.54) is 4.90 Å². The van der Waals surface area contributed by atoms with Gasteiger partial charge in [0, 0.05) is 21.6 Å². The normalized spacial score (nSPS) is 10.2. The van der Waals surface area contributed by atoms with Gasteiger partial charge in [0.15, 0.2) is 0 Å². The van der Waals surface area contributed by atoms with Gasteiger partial charge in [0.1, 0.15) is 12.4 Å². The lowest BCUT2D eigenvalue weighted by atomic mass is 10.3. The molecule has 4 heteroatoms. The average molecular weight is 338 g/mol. The summed E-state index contributed by atoms with van der Waals surface area (Å²) in [6, 6.07) is 16.2. The van der Waals surface area contributed by atoms with Gasteiger partial charge in [0.2, 0.25) is 0 Å². The number of halogens is 1. The first-order valence-corrected chi connectivity index (χ1v) is 8.06. The van der Waals surface area contributed by atoms with Crippen LogP contribution in [-0.4, -0.2) is 19.4 Å². The maximum Gasteiger partial charge on any atom is 0.132 e. The van der Waals surface area contributed by atoms with Crippen molar-refractivity contribution in [3.8, 4) is 5.75 Å². The van der Waals surface area contributed by atoms with E-state index in [9.17, 15) is 0 Å². The molecule has 2 aromatic carbocycles. The van der Waals surface area contributed by atoms with Crippen molar-refractivity contribution < 1.29 is 4.74 Å². The van der Waals surface area contributed by atoms with Crippen molar-refractivity contribution in [2.24, 2.45) is 0 Å². The van der Waals surface area contributed by atoms with Crippen LogP contribution in [0.25, 0.3) is 0 Å². The molecule has 2 aromatic rings. The Hall–Kier alpha value is -1.13. The van der Waals surface area contributed by atoms with E-state index in [1.807, 2.05) is 36.4 Å². The number of benzene rings is 2. The summed E-state index contributed by atoms with van der Waals surface area (Å²) >= 11 is 5.15. The van der Waals surface area contributed by atoms with Gasteiger partial charge in [0.05, 0.1) is 0 Å². The fourth-order valence-corrected chi connectivity index (χ4v) is 2.63. The van der Waals surface area contributed by atoms with E-state index in [2.05, 4.69) is 39.6 Å². The van der Waals surface area contributed by atoms with Crippen molar-refractivity contribution in [1.29, 1.82) is 0 Å². The number of anilines is 1. The minimum Gasteiger partial charge on any atom is -0.491 e. The maximum absolute atomic E-state index is 5.78. The number of para-hydroxylation sites is 1. The first-order chi connectivity index (χ1) is 9.29. The Kier molecular flexibility index (Phi) is 5.61. The van der Waals surface area contributed by atoms with Gasteiger partial charge in [-0.2, -0.15) is 0 Å². The fourth-order valence-electron chi connectivity index (χ4n) is 1.69. The number of thioether (sulfide) groups is 1. The number of ether oxygens (including phenoxy) is 1. The Morgan fingerprint density at radius 3 is 2.79 bits per heavy atom. The van der Waals surface area contributed by atoms with E-state index in [1.54, 1.807) is 11.8 Å². The van der Waals surface area contributed by atoms with E-state index in [0.717, 1.165) is 22.5 Å². The van der Waals surface area contributed by atoms with E-state index in [-0.39, 0.29) is 0 Å². The highest BCUT2D eigenvalue weighted by Gasteiger charge is 2.00. The Bertz CT molecular complexity index is 533. The Morgan fingerprint density at radius 2 is 2.00 bits per heavy atom. The summed E-state index contributed by atoms with van der Waals surface area (Å²) in [5, 5.41) is 3.33. The molecule has 0 fully saturated rings. The van der Waals surface area contributed by atoms with Gasteiger partial charge < -0.3 is 10.1 Å². The molecule has 0 saturated heterocycles. The van der Waals surface area contributed by atoms with Gasteiger partial charge in [-0.3, -0.25) is 0 Å². The van der Waals surface area contributed by atoms with Crippen molar-refractivity contribution in [2.75, 3.05) is 24.7 Å². The first-order valence-electron chi connectivity index (χ1n) is 6.05. The molecule has 0 radical (unpaired) electrons. The molecule has 0 saturated carbocycles. The van der Waals surface area contributed by atoms with Crippen LogP contribution in [0, 0.1) is 0 Å². The Balaban J connectivity index is 1.81. The van der Waals surface area contributed by atoms with Gasteiger partial charge in [-0.05, 0) is 36.6 Å². The smallest absolute Gasteiger partial charge is 0.132 e. The molecule has 2 nitrogen and oxygen atoms in total. The predicted molar refractivity (Wildman–Crippen MR) is 86.3 cm³/mol. The van der Waals surface area contributed by atoms with Gasteiger partial charge >= 0.3 is 0 Å². The summed E-state index contributed by atoms with van der Waals surface area (Å²) in [6.45, 7) is 1.42. The van der Waals surface area contributed by atoms with Crippen molar-refractivity contribution in [2.45, 2.75) is 4.90 Å². The zero-order valence-corrected chi connectivity index (χ0v) is 13.1. The third-order valence-corrected chi connectivity index (χ3v) is 3.85. The maximum atomic E-state index is 5.78. The van der Waals surface area contributed by atoms with E-state index < -0.39 is 0 Å². The minimum atomic E-state index is 0.643. The van der Waals surface area contributed by atoms with Crippen LogP contribution < -0.4 is 10.1 Å². The third-order valence-electron chi connectivity index (χ3n) is 2.58. The number of nitrogens with one attached hydrogen (secondary N) is 1. The van der Waals surface area contributed by atoms with Crippen molar-refractivity contribution >= 4 is 33.4 Å². The molecule has 0 bridgehead atoms. The van der Waals surface area contributed by atoms with Crippen LogP contribution in [0.5, 0.6) is 5.75 Å². The molecule has 0 aliphatic heterocycles. The molecule has 0 aliphatic rings. The van der Waals surface area contributed by atoms with Gasteiger partial charge in [0.25, 0.3) is 0 Å². The molecule has 0 amide bonds. The molecule has 0 spiro atoms. The van der Waals surface area contributed by atoms with Crippen LogP contribution in [-0.2, 0) is 0 Å². The van der Waals surface area contributed by atoms with Gasteiger partial charge in [-0.1, -0.05) is 34.1 Å². The molecule has 0 heterocycles. The average Bonchev–Trinajstić information content (AvgIpc) is 2.44. The number of rotatable bonds is 6. The fraction of sp³-hybridized carbons (Fsp3) is 0.200. The lowest BCUT2D eigenvalue weighted by Gasteiger charge is -2.11. The van der Waals surface area contributed by atoms with Crippen LogP contribution >= 0.6 is 27.7 Å². The van der Waals surface area contributed by atoms with Crippen LogP contribution in [0.15, 0.2) is 57.9 Å². The largest absolute Gasteiger partial charge is 0.491 e. The highest BCUT2D eigenvalue weighted by atomic mass is 79.9. The first kappa shape index (κ1) is 14.3.